The van der Waals surface area contributed by atoms with Gasteiger partial charge in [-0.1, -0.05) is 28.0 Å². The number of carbonyl (C=O) groups excluding carboxylic acids is 1. The van der Waals surface area contributed by atoms with E-state index in [1.807, 2.05) is 31.2 Å². The lowest BCUT2D eigenvalue weighted by molar-refractivity contribution is -0.115. The van der Waals surface area contributed by atoms with Crippen LogP contribution in [-0.4, -0.2) is 27.0 Å². The Hall–Kier alpha value is -2.61. The molecule has 0 spiro atoms. The van der Waals surface area contributed by atoms with Gasteiger partial charge in [0.05, 0.1) is 6.20 Å². The number of thioether (sulfide) groups is 1. The Morgan fingerprint density at radius 2 is 2.04 bits per heavy atom. The fourth-order valence-corrected chi connectivity index (χ4v) is 2.63. The molecule has 0 aliphatic carbocycles. The highest BCUT2D eigenvalue weighted by Crippen LogP contribution is 2.20. The molecule has 0 saturated carbocycles. The fraction of sp³-hybridized carbons (Fsp3) is 0.200. The van der Waals surface area contributed by atoms with Crippen LogP contribution in [0.1, 0.15) is 12.0 Å². The van der Waals surface area contributed by atoms with Crippen LogP contribution in [0.25, 0.3) is 11.7 Å². The number of hydrogen-bond donors (Lipinski definition) is 1. The molecule has 0 aliphatic heterocycles. The average molecular weight is 330 g/mol. The van der Waals surface area contributed by atoms with Crippen LogP contribution in [0.2, 0.25) is 0 Å². The van der Waals surface area contributed by atoms with Crippen LogP contribution in [-0.2, 0) is 4.79 Å². The van der Waals surface area contributed by atoms with Crippen molar-refractivity contribution in [1.82, 2.24) is 15.4 Å². The first-order valence-corrected chi connectivity index (χ1v) is 7.93. The van der Waals surface area contributed by atoms with E-state index >= 15 is 0 Å². The van der Waals surface area contributed by atoms with Crippen LogP contribution in [0.5, 0.6) is 0 Å². The maximum atomic E-state index is 11.9. The fourth-order valence-electron chi connectivity index (χ4n) is 1.78. The molecule has 0 radical (unpaired) electrons. The average Bonchev–Trinajstić information content (AvgIpc) is 3.20. The molecule has 1 aromatic carbocycles. The Kier molecular flexibility index (Phi) is 4.72. The summed E-state index contributed by atoms with van der Waals surface area (Å²) in [5, 5.41) is 13.6. The first-order chi connectivity index (χ1) is 11.2. The number of hydrogen-bond acceptors (Lipinski definition) is 7. The zero-order valence-corrected chi connectivity index (χ0v) is 13.2. The van der Waals surface area contributed by atoms with Gasteiger partial charge in [0.1, 0.15) is 0 Å². The quantitative estimate of drug-likeness (QED) is 0.694. The normalized spacial score (nSPS) is 10.7. The van der Waals surface area contributed by atoms with Crippen molar-refractivity contribution in [3.63, 3.8) is 0 Å². The Balaban J connectivity index is 1.47. The summed E-state index contributed by atoms with van der Waals surface area (Å²) in [6, 6.07) is 9.82. The number of nitrogens with one attached hydrogen (secondary N) is 1. The van der Waals surface area contributed by atoms with Crippen LogP contribution in [0.3, 0.4) is 0 Å². The molecule has 0 unspecified atom stereocenters. The molecule has 0 aliphatic rings. The molecule has 2 aromatic heterocycles. The van der Waals surface area contributed by atoms with Gasteiger partial charge in [-0.25, -0.2) is 0 Å². The maximum Gasteiger partial charge on any atom is 0.322 e. The van der Waals surface area contributed by atoms with Gasteiger partial charge in [-0.15, -0.1) is 16.9 Å². The highest BCUT2D eigenvalue weighted by Gasteiger charge is 2.13. The van der Waals surface area contributed by atoms with Crippen LogP contribution in [0.15, 0.2) is 50.4 Å². The van der Waals surface area contributed by atoms with Gasteiger partial charge in [-0.05, 0) is 19.1 Å². The molecular weight excluding hydrogens is 316 g/mol. The van der Waals surface area contributed by atoms with Crippen molar-refractivity contribution in [1.29, 1.82) is 0 Å². The van der Waals surface area contributed by atoms with Gasteiger partial charge in [0.25, 0.3) is 5.89 Å². The summed E-state index contributed by atoms with van der Waals surface area (Å²) >= 11 is 1.62. The summed E-state index contributed by atoms with van der Waals surface area (Å²) in [7, 11) is 0. The molecule has 0 atom stereocenters. The van der Waals surface area contributed by atoms with Crippen molar-refractivity contribution in [3.05, 3.63) is 42.1 Å². The summed E-state index contributed by atoms with van der Waals surface area (Å²) in [5.41, 5.74) is 1.21. The largest absolute Gasteiger partial charge is 0.400 e. The molecule has 1 amide bonds. The first kappa shape index (κ1) is 15.3. The number of benzene rings is 1. The molecule has 118 valence electrons. The van der Waals surface area contributed by atoms with E-state index in [9.17, 15) is 4.79 Å². The third-order valence-electron chi connectivity index (χ3n) is 2.94. The zero-order chi connectivity index (χ0) is 16.1. The predicted octanol–water partition coefficient (Wildman–Crippen LogP) is 3.15. The van der Waals surface area contributed by atoms with E-state index in [2.05, 4.69) is 20.7 Å². The van der Waals surface area contributed by atoms with E-state index in [0.717, 1.165) is 4.90 Å². The van der Waals surface area contributed by atoms with Gasteiger partial charge < -0.3 is 8.94 Å². The molecular formula is C15H14N4O3S. The smallest absolute Gasteiger partial charge is 0.322 e. The summed E-state index contributed by atoms with van der Waals surface area (Å²) in [6.45, 7) is 2.04. The molecule has 3 rings (SSSR count). The van der Waals surface area contributed by atoms with E-state index in [4.69, 9.17) is 8.94 Å². The van der Waals surface area contributed by atoms with Crippen molar-refractivity contribution in [3.8, 4) is 11.7 Å². The van der Waals surface area contributed by atoms with Crippen molar-refractivity contribution >= 4 is 23.7 Å². The minimum atomic E-state index is -0.183. The van der Waals surface area contributed by atoms with Gasteiger partial charge in [-0.2, -0.15) is 0 Å². The predicted molar refractivity (Wildman–Crippen MR) is 84.9 cm³/mol. The summed E-state index contributed by atoms with van der Waals surface area (Å²) in [6.07, 6.45) is 1.82. The highest BCUT2D eigenvalue weighted by atomic mass is 32.2. The van der Waals surface area contributed by atoms with Gasteiger partial charge in [0, 0.05) is 23.1 Å². The van der Waals surface area contributed by atoms with Crippen LogP contribution in [0, 0.1) is 6.92 Å². The van der Waals surface area contributed by atoms with E-state index in [0.29, 0.717) is 17.9 Å². The minimum absolute atomic E-state index is 0.0433. The third kappa shape index (κ3) is 4.19. The monoisotopic (exact) mass is 330 g/mol. The first-order valence-electron chi connectivity index (χ1n) is 6.94. The number of nitrogens with zero attached hydrogens (tertiary/aromatic N) is 3. The SMILES string of the molecule is Cc1ccc(SCCC(=O)Nc2nnc(-c3ccno3)o2)cc1. The lowest BCUT2D eigenvalue weighted by atomic mass is 10.2. The number of aryl methyl sites for hydroxylation is 1. The third-order valence-corrected chi connectivity index (χ3v) is 3.95. The number of rotatable bonds is 6. The number of amides is 1. The van der Waals surface area contributed by atoms with Gasteiger partial charge in [0.2, 0.25) is 11.7 Å². The Morgan fingerprint density at radius 1 is 1.22 bits per heavy atom. The van der Waals surface area contributed by atoms with Crippen molar-refractivity contribution in [2.75, 3.05) is 11.1 Å². The molecule has 8 heteroatoms. The number of aromatic nitrogens is 3. The molecule has 1 N–H and O–H groups in total. The molecule has 0 bridgehead atoms. The maximum absolute atomic E-state index is 11.9. The van der Waals surface area contributed by atoms with Crippen molar-refractivity contribution < 1.29 is 13.7 Å². The zero-order valence-electron chi connectivity index (χ0n) is 12.4. The molecule has 7 nitrogen and oxygen atoms in total. The summed E-state index contributed by atoms with van der Waals surface area (Å²) in [5.74, 6) is 1.01. The topological polar surface area (TPSA) is 94.1 Å². The van der Waals surface area contributed by atoms with Crippen LogP contribution >= 0.6 is 11.8 Å². The lowest BCUT2D eigenvalue weighted by Gasteiger charge is -2.02. The van der Waals surface area contributed by atoms with Gasteiger partial charge in [0.15, 0.2) is 0 Å². The van der Waals surface area contributed by atoms with E-state index < -0.39 is 0 Å². The molecule has 23 heavy (non-hydrogen) atoms. The van der Waals surface area contributed by atoms with E-state index in [1.165, 1.54) is 11.8 Å². The minimum Gasteiger partial charge on any atom is -0.400 e. The van der Waals surface area contributed by atoms with E-state index in [1.54, 1.807) is 17.8 Å². The van der Waals surface area contributed by atoms with Crippen molar-refractivity contribution in [2.45, 2.75) is 18.2 Å². The van der Waals surface area contributed by atoms with Crippen LogP contribution < -0.4 is 5.32 Å². The Bertz CT molecular complexity index is 768. The summed E-state index contributed by atoms with van der Waals surface area (Å²) in [4.78, 5) is 13.0. The second kappa shape index (κ2) is 7.10. The van der Waals surface area contributed by atoms with Crippen LogP contribution in [0.4, 0.5) is 6.01 Å². The lowest BCUT2D eigenvalue weighted by Crippen LogP contribution is -2.12. The second-order valence-corrected chi connectivity index (χ2v) is 5.92. The molecule has 0 fully saturated rings. The summed E-state index contributed by atoms with van der Waals surface area (Å²) < 4.78 is 10.2. The Morgan fingerprint density at radius 3 is 2.78 bits per heavy atom. The highest BCUT2D eigenvalue weighted by molar-refractivity contribution is 7.99. The standard InChI is InChI=1S/C15H14N4O3S/c1-10-2-4-11(5-3-10)23-9-7-13(20)17-15-19-18-14(21-15)12-6-8-16-22-12/h2-6,8H,7,9H2,1H3,(H,17,19,20). The van der Waals surface area contributed by atoms with Gasteiger partial charge in [-0.3, -0.25) is 10.1 Å². The van der Waals surface area contributed by atoms with Crippen molar-refractivity contribution in [2.24, 2.45) is 0 Å². The number of anilines is 1. The number of carbonyl (C=O) groups is 1. The second-order valence-electron chi connectivity index (χ2n) is 4.75. The molecule has 2 heterocycles. The van der Waals surface area contributed by atoms with Gasteiger partial charge >= 0.3 is 6.01 Å². The molecule has 3 aromatic rings. The molecule has 0 saturated heterocycles. The van der Waals surface area contributed by atoms with E-state index in [-0.39, 0.29) is 17.8 Å². The Labute approximate surface area is 136 Å².